The molecule has 0 radical (unpaired) electrons. The Bertz CT molecular complexity index is 445. The van der Waals surface area contributed by atoms with Gasteiger partial charge in [-0.3, -0.25) is 9.59 Å². The molecular formula is C10H9BrN2O2. The molecule has 1 aromatic rings. The van der Waals surface area contributed by atoms with Gasteiger partial charge >= 0.3 is 0 Å². The fourth-order valence-electron chi connectivity index (χ4n) is 1.49. The molecule has 0 saturated carbocycles. The highest BCUT2D eigenvalue weighted by Gasteiger charge is 2.23. The van der Waals surface area contributed by atoms with Crippen LogP contribution in [0.5, 0.6) is 0 Å². The standard InChI is InChI=1S/C10H9BrN2O2/c1-13-5-9(14)12-8-4-6(11)2-3-7(8)10(13)15/h2-4H,5H2,1H3,(H,12,14). The van der Waals surface area contributed by atoms with Crippen molar-refractivity contribution < 1.29 is 9.59 Å². The summed E-state index contributed by atoms with van der Waals surface area (Å²) >= 11 is 3.29. The van der Waals surface area contributed by atoms with Gasteiger partial charge in [-0.15, -0.1) is 0 Å². The van der Waals surface area contributed by atoms with E-state index in [1.165, 1.54) is 4.90 Å². The SMILES string of the molecule is CN1CC(=O)Nc2cc(Br)ccc2C1=O. The molecule has 1 N–H and O–H groups in total. The second-order valence-electron chi connectivity index (χ2n) is 3.40. The predicted octanol–water partition coefficient (Wildman–Crippen LogP) is 1.47. The van der Waals surface area contributed by atoms with Crippen molar-refractivity contribution in [2.75, 3.05) is 18.9 Å². The van der Waals surface area contributed by atoms with Gasteiger partial charge in [0.1, 0.15) is 0 Å². The summed E-state index contributed by atoms with van der Waals surface area (Å²) in [7, 11) is 1.61. The lowest BCUT2D eigenvalue weighted by atomic mass is 10.1. The number of anilines is 1. The van der Waals surface area contributed by atoms with E-state index >= 15 is 0 Å². The van der Waals surface area contributed by atoms with E-state index in [0.29, 0.717) is 11.3 Å². The van der Waals surface area contributed by atoms with Crippen LogP contribution < -0.4 is 5.32 Å². The number of halogens is 1. The van der Waals surface area contributed by atoms with Crippen LogP contribution in [0.3, 0.4) is 0 Å². The molecule has 1 aliphatic rings. The maximum atomic E-state index is 11.8. The molecule has 0 fully saturated rings. The van der Waals surface area contributed by atoms with Gasteiger partial charge in [-0.25, -0.2) is 0 Å². The minimum atomic E-state index is -0.178. The Morgan fingerprint density at radius 1 is 1.40 bits per heavy atom. The minimum Gasteiger partial charge on any atom is -0.332 e. The number of nitrogens with zero attached hydrogens (tertiary/aromatic N) is 1. The lowest BCUT2D eigenvalue weighted by Gasteiger charge is -2.11. The van der Waals surface area contributed by atoms with Crippen molar-refractivity contribution in [2.45, 2.75) is 0 Å². The molecule has 1 aliphatic heterocycles. The lowest BCUT2D eigenvalue weighted by Crippen LogP contribution is -2.31. The summed E-state index contributed by atoms with van der Waals surface area (Å²) in [6, 6.07) is 5.20. The molecule has 0 saturated heterocycles. The normalized spacial score (nSPS) is 15.7. The van der Waals surface area contributed by atoms with E-state index in [0.717, 1.165) is 4.47 Å². The summed E-state index contributed by atoms with van der Waals surface area (Å²) in [5, 5.41) is 2.69. The number of nitrogens with one attached hydrogen (secondary N) is 1. The molecule has 4 nitrogen and oxygen atoms in total. The van der Waals surface area contributed by atoms with E-state index in [9.17, 15) is 9.59 Å². The number of carbonyl (C=O) groups excluding carboxylic acids is 2. The highest BCUT2D eigenvalue weighted by atomic mass is 79.9. The number of benzene rings is 1. The summed E-state index contributed by atoms with van der Waals surface area (Å²) in [4.78, 5) is 24.6. The van der Waals surface area contributed by atoms with Crippen LogP contribution in [0.1, 0.15) is 10.4 Å². The predicted molar refractivity (Wildman–Crippen MR) is 59.7 cm³/mol. The largest absolute Gasteiger partial charge is 0.332 e. The zero-order valence-corrected chi connectivity index (χ0v) is 9.67. The van der Waals surface area contributed by atoms with Crippen molar-refractivity contribution in [2.24, 2.45) is 0 Å². The van der Waals surface area contributed by atoms with E-state index in [2.05, 4.69) is 21.2 Å². The molecular weight excluding hydrogens is 260 g/mol. The number of hydrogen-bond acceptors (Lipinski definition) is 2. The summed E-state index contributed by atoms with van der Waals surface area (Å²) < 4.78 is 0.832. The Labute approximate surface area is 95.4 Å². The number of rotatable bonds is 0. The van der Waals surface area contributed by atoms with Gasteiger partial charge in [0.2, 0.25) is 5.91 Å². The number of likely N-dealkylation sites (N-methyl/N-ethyl adjacent to an activating group) is 1. The van der Waals surface area contributed by atoms with Crippen molar-refractivity contribution in [3.8, 4) is 0 Å². The summed E-state index contributed by atoms with van der Waals surface area (Å²) in [6.07, 6.45) is 0. The molecule has 1 heterocycles. The molecule has 78 valence electrons. The van der Waals surface area contributed by atoms with Crippen LogP contribution in [-0.4, -0.2) is 30.3 Å². The molecule has 0 unspecified atom stereocenters. The highest BCUT2D eigenvalue weighted by Crippen LogP contribution is 2.24. The van der Waals surface area contributed by atoms with E-state index in [4.69, 9.17) is 0 Å². The highest BCUT2D eigenvalue weighted by molar-refractivity contribution is 9.10. The first-order valence-electron chi connectivity index (χ1n) is 4.43. The van der Waals surface area contributed by atoms with Gasteiger partial charge in [0, 0.05) is 11.5 Å². The Balaban J connectivity index is 2.54. The third-order valence-electron chi connectivity index (χ3n) is 2.21. The van der Waals surface area contributed by atoms with Crippen molar-refractivity contribution in [3.05, 3.63) is 28.2 Å². The maximum Gasteiger partial charge on any atom is 0.256 e. The Morgan fingerprint density at radius 3 is 2.87 bits per heavy atom. The molecule has 0 aromatic heterocycles. The third kappa shape index (κ3) is 1.87. The fourth-order valence-corrected chi connectivity index (χ4v) is 1.85. The maximum absolute atomic E-state index is 11.8. The van der Waals surface area contributed by atoms with Gasteiger partial charge in [0.25, 0.3) is 5.91 Å². The minimum absolute atomic E-state index is 0.0884. The Kier molecular flexibility index (Phi) is 2.48. The Hall–Kier alpha value is -1.36. The number of hydrogen-bond donors (Lipinski definition) is 1. The smallest absolute Gasteiger partial charge is 0.256 e. The van der Waals surface area contributed by atoms with Crippen molar-refractivity contribution in [3.63, 3.8) is 0 Å². The zero-order valence-electron chi connectivity index (χ0n) is 8.08. The van der Waals surface area contributed by atoms with Crippen LogP contribution in [0, 0.1) is 0 Å². The molecule has 0 atom stereocenters. The first-order valence-corrected chi connectivity index (χ1v) is 5.22. The molecule has 2 amide bonds. The zero-order chi connectivity index (χ0) is 11.0. The number of carbonyl (C=O) groups is 2. The average molecular weight is 269 g/mol. The lowest BCUT2D eigenvalue weighted by molar-refractivity contribution is -0.116. The molecule has 2 rings (SSSR count). The van der Waals surface area contributed by atoms with Crippen LogP contribution in [0.2, 0.25) is 0 Å². The van der Waals surface area contributed by atoms with Gasteiger partial charge in [-0.1, -0.05) is 15.9 Å². The summed E-state index contributed by atoms with van der Waals surface area (Å²) in [6.45, 7) is 0.0884. The van der Waals surface area contributed by atoms with Crippen LogP contribution in [0.4, 0.5) is 5.69 Å². The third-order valence-corrected chi connectivity index (χ3v) is 2.71. The second kappa shape index (κ2) is 3.66. The molecule has 1 aromatic carbocycles. The molecule has 15 heavy (non-hydrogen) atoms. The van der Waals surface area contributed by atoms with Crippen LogP contribution in [0.25, 0.3) is 0 Å². The van der Waals surface area contributed by atoms with Crippen molar-refractivity contribution in [1.29, 1.82) is 0 Å². The molecule has 0 aliphatic carbocycles. The van der Waals surface area contributed by atoms with Crippen LogP contribution >= 0.6 is 15.9 Å². The van der Waals surface area contributed by atoms with Crippen LogP contribution in [-0.2, 0) is 4.79 Å². The number of amides is 2. The first-order chi connectivity index (χ1) is 7.08. The second-order valence-corrected chi connectivity index (χ2v) is 4.31. The van der Waals surface area contributed by atoms with E-state index < -0.39 is 0 Å². The van der Waals surface area contributed by atoms with Crippen LogP contribution in [0.15, 0.2) is 22.7 Å². The molecule has 0 spiro atoms. The van der Waals surface area contributed by atoms with Gasteiger partial charge < -0.3 is 10.2 Å². The topological polar surface area (TPSA) is 49.4 Å². The van der Waals surface area contributed by atoms with Crippen molar-refractivity contribution >= 4 is 33.4 Å². The monoisotopic (exact) mass is 268 g/mol. The fraction of sp³-hybridized carbons (Fsp3) is 0.200. The van der Waals surface area contributed by atoms with Gasteiger partial charge in [0.05, 0.1) is 17.8 Å². The van der Waals surface area contributed by atoms with Gasteiger partial charge in [-0.05, 0) is 18.2 Å². The van der Waals surface area contributed by atoms with Gasteiger partial charge in [-0.2, -0.15) is 0 Å². The van der Waals surface area contributed by atoms with E-state index in [-0.39, 0.29) is 18.4 Å². The molecule has 0 bridgehead atoms. The molecule has 5 heteroatoms. The average Bonchev–Trinajstić information content (AvgIpc) is 2.25. The first kappa shape index (κ1) is 10.2. The van der Waals surface area contributed by atoms with E-state index in [1.807, 2.05) is 0 Å². The summed E-state index contributed by atoms with van der Waals surface area (Å²) in [5.74, 6) is -0.321. The summed E-state index contributed by atoms with van der Waals surface area (Å²) in [5.41, 5.74) is 1.08. The Morgan fingerprint density at radius 2 is 2.13 bits per heavy atom. The number of fused-ring (bicyclic) bond motifs is 1. The van der Waals surface area contributed by atoms with Crippen molar-refractivity contribution in [1.82, 2.24) is 4.90 Å². The quantitative estimate of drug-likeness (QED) is 0.775. The van der Waals surface area contributed by atoms with E-state index in [1.54, 1.807) is 25.2 Å². The van der Waals surface area contributed by atoms with Gasteiger partial charge in [0.15, 0.2) is 0 Å².